The number of halogens is 3. The summed E-state index contributed by atoms with van der Waals surface area (Å²) in [6.07, 6.45) is -3.75. The van der Waals surface area contributed by atoms with Crippen LogP contribution in [-0.2, 0) is 20.5 Å². The molecule has 0 aromatic heterocycles. The molecule has 0 aromatic rings. The normalized spacial score (nSPS) is 16.9. The molecule has 1 N–H and O–H groups in total. The predicted molar refractivity (Wildman–Crippen MR) is 80.5 cm³/mol. The molecule has 0 spiro atoms. The minimum absolute atomic E-state index is 0.0149. The van der Waals surface area contributed by atoms with Crippen molar-refractivity contribution in [1.82, 2.24) is 4.72 Å². The lowest BCUT2D eigenvalue weighted by molar-refractivity contribution is -0.179. The van der Waals surface area contributed by atoms with Gasteiger partial charge in [0.15, 0.2) is 0 Å². The van der Waals surface area contributed by atoms with E-state index in [1.54, 1.807) is 34.6 Å². The Morgan fingerprint density at radius 2 is 1.73 bits per heavy atom. The maximum atomic E-state index is 13.3. The fourth-order valence-corrected chi connectivity index (χ4v) is 2.59. The van der Waals surface area contributed by atoms with Crippen molar-refractivity contribution in [1.29, 1.82) is 0 Å². The lowest BCUT2D eigenvalue weighted by Crippen LogP contribution is -2.53. The fraction of sp³-hybridized carbons (Fsp3) is 0.929. The Hall–Kier alpha value is -0.630. The van der Waals surface area contributed by atoms with Gasteiger partial charge in [-0.05, 0) is 33.6 Å². The van der Waals surface area contributed by atoms with E-state index in [4.69, 9.17) is 4.74 Å². The molecule has 3 atom stereocenters. The Morgan fingerprint density at radius 1 is 1.18 bits per heavy atom. The predicted octanol–water partition coefficient (Wildman–Crippen LogP) is 3.34. The molecule has 0 fully saturated rings. The molecule has 0 radical (unpaired) electrons. The van der Waals surface area contributed by atoms with Gasteiger partial charge in [0.2, 0.25) is 0 Å². The minimum Gasteiger partial charge on any atom is -0.465 e. The summed E-state index contributed by atoms with van der Waals surface area (Å²) >= 11 is 0. The first-order valence-corrected chi connectivity index (χ1v) is 8.51. The number of alkyl halides is 3. The van der Waals surface area contributed by atoms with E-state index in [-0.39, 0.29) is 13.0 Å². The summed E-state index contributed by atoms with van der Waals surface area (Å²) in [6.45, 7) is 8.21. The standard InChI is InChI=1S/C14H26F3NO3S/c1-6-8-10(12(19)21-9-7-2)11(14(15,16)17)18-22(20)13(3,4)5/h10-11,18H,6-9H2,1-5H3/t10-,11-,22-/m1/s1. The zero-order valence-electron chi connectivity index (χ0n) is 13.8. The summed E-state index contributed by atoms with van der Waals surface area (Å²) in [5.41, 5.74) is 0. The van der Waals surface area contributed by atoms with Crippen LogP contribution in [-0.4, -0.2) is 33.8 Å². The number of carbonyl (C=O) groups excluding carboxylic acids is 1. The Morgan fingerprint density at radius 3 is 2.09 bits per heavy atom. The Kier molecular flexibility index (Phi) is 8.61. The van der Waals surface area contributed by atoms with E-state index in [2.05, 4.69) is 4.72 Å². The number of rotatable bonds is 8. The third-order valence-corrected chi connectivity index (χ3v) is 4.48. The molecule has 0 bridgehead atoms. The van der Waals surface area contributed by atoms with Gasteiger partial charge in [-0.2, -0.15) is 13.2 Å². The first kappa shape index (κ1) is 21.4. The van der Waals surface area contributed by atoms with Gasteiger partial charge in [0.25, 0.3) is 0 Å². The highest BCUT2D eigenvalue weighted by Crippen LogP contribution is 2.30. The van der Waals surface area contributed by atoms with Crippen molar-refractivity contribution in [3.8, 4) is 0 Å². The van der Waals surface area contributed by atoms with Crippen molar-refractivity contribution in [2.45, 2.75) is 70.8 Å². The molecule has 0 saturated heterocycles. The number of hydrogen-bond acceptors (Lipinski definition) is 3. The van der Waals surface area contributed by atoms with Crippen LogP contribution < -0.4 is 4.72 Å². The summed E-state index contributed by atoms with van der Waals surface area (Å²) < 4.78 is 58.1. The number of carbonyl (C=O) groups is 1. The number of nitrogens with one attached hydrogen (secondary N) is 1. The summed E-state index contributed by atoms with van der Waals surface area (Å²) in [7, 11) is -1.94. The topological polar surface area (TPSA) is 55.4 Å². The monoisotopic (exact) mass is 345 g/mol. The van der Waals surface area contributed by atoms with Gasteiger partial charge in [0.05, 0.1) is 28.3 Å². The van der Waals surface area contributed by atoms with Gasteiger partial charge >= 0.3 is 12.1 Å². The molecule has 0 aliphatic carbocycles. The van der Waals surface area contributed by atoms with Crippen molar-refractivity contribution in [3.05, 3.63) is 0 Å². The summed E-state index contributed by atoms with van der Waals surface area (Å²) in [4.78, 5) is 12.0. The lowest BCUT2D eigenvalue weighted by Gasteiger charge is -2.30. The molecule has 0 unspecified atom stereocenters. The van der Waals surface area contributed by atoms with Crippen molar-refractivity contribution >= 4 is 17.0 Å². The number of esters is 1. The van der Waals surface area contributed by atoms with Gasteiger partial charge in [-0.1, -0.05) is 20.3 Å². The smallest absolute Gasteiger partial charge is 0.405 e. The first-order chi connectivity index (χ1) is 9.95. The molecular weight excluding hydrogens is 319 g/mol. The van der Waals surface area contributed by atoms with Crippen LogP contribution in [0.25, 0.3) is 0 Å². The van der Waals surface area contributed by atoms with E-state index in [0.717, 1.165) is 0 Å². The average Bonchev–Trinajstić information content (AvgIpc) is 2.37. The largest absolute Gasteiger partial charge is 0.465 e. The van der Waals surface area contributed by atoms with Crippen LogP contribution in [0.3, 0.4) is 0 Å². The van der Waals surface area contributed by atoms with Gasteiger partial charge in [-0.3, -0.25) is 4.79 Å². The van der Waals surface area contributed by atoms with Crippen LogP contribution in [0, 0.1) is 5.92 Å². The second kappa shape index (κ2) is 8.86. The van der Waals surface area contributed by atoms with E-state index < -0.39 is 39.8 Å². The second-order valence-electron chi connectivity index (χ2n) is 6.08. The summed E-state index contributed by atoms with van der Waals surface area (Å²) in [5.74, 6) is -2.30. The summed E-state index contributed by atoms with van der Waals surface area (Å²) in [6, 6.07) is -2.18. The van der Waals surface area contributed by atoms with Crippen LogP contribution in [0.2, 0.25) is 0 Å². The molecule has 0 rings (SSSR count). The van der Waals surface area contributed by atoms with Crippen LogP contribution in [0.5, 0.6) is 0 Å². The molecule has 8 heteroatoms. The van der Waals surface area contributed by atoms with Gasteiger partial charge in [-0.15, -0.1) is 0 Å². The first-order valence-electron chi connectivity index (χ1n) is 7.36. The number of ether oxygens (including phenoxy) is 1. The van der Waals surface area contributed by atoms with Crippen LogP contribution in [0.15, 0.2) is 0 Å². The Labute approximate surface area is 132 Å². The van der Waals surface area contributed by atoms with E-state index in [9.17, 15) is 22.2 Å². The molecule has 0 aliphatic rings. The highest BCUT2D eigenvalue weighted by Gasteiger charge is 2.49. The van der Waals surface area contributed by atoms with E-state index in [1.807, 2.05) is 0 Å². The third-order valence-electron chi connectivity index (χ3n) is 2.90. The molecule has 0 saturated carbocycles. The average molecular weight is 345 g/mol. The third kappa shape index (κ3) is 7.09. The molecule has 0 heterocycles. The van der Waals surface area contributed by atoms with Crippen LogP contribution in [0.4, 0.5) is 13.2 Å². The maximum absolute atomic E-state index is 13.3. The Bertz CT molecular complexity index is 381. The zero-order valence-corrected chi connectivity index (χ0v) is 14.6. The van der Waals surface area contributed by atoms with Crippen LogP contribution in [0.1, 0.15) is 53.9 Å². The van der Waals surface area contributed by atoms with E-state index in [1.165, 1.54) is 0 Å². The van der Waals surface area contributed by atoms with Crippen molar-refractivity contribution in [3.63, 3.8) is 0 Å². The molecule has 0 amide bonds. The van der Waals surface area contributed by atoms with Gasteiger partial charge < -0.3 is 4.74 Å². The second-order valence-corrected chi connectivity index (χ2v) is 8.08. The molecular formula is C14H26F3NO3S. The molecule has 22 heavy (non-hydrogen) atoms. The minimum atomic E-state index is -4.69. The Balaban J connectivity index is 5.33. The SMILES string of the molecule is CCCOC(=O)[C@H](CCC)[C@@H](N[S@](=O)C(C)(C)C)C(F)(F)F. The number of hydrogen-bond donors (Lipinski definition) is 1. The lowest BCUT2D eigenvalue weighted by atomic mass is 9.95. The van der Waals surface area contributed by atoms with Crippen molar-refractivity contribution in [2.75, 3.05) is 6.61 Å². The molecule has 0 aliphatic heterocycles. The van der Waals surface area contributed by atoms with E-state index >= 15 is 0 Å². The van der Waals surface area contributed by atoms with Gasteiger partial charge in [0.1, 0.15) is 6.04 Å². The molecule has 4 nitrogen and oxygen atoms in total. The van der Waals surface area contributed by atoms with Gasteiger partial charge in [0, 0.05) is 0 Å². The van der Waals surface area contributed by atoms with Gasteiger partial charge in [-0.25, -0.2) is 8.93 Å². The fourth-order valence-electron chi connectivity index (χ4n) is 1.71. The quantitative estimate of drug-likeness (QED) is 0.687. The maximum Gasteiger partial charge on any atom is 0.405 e. The van der Waals surface area contributed by atoms with Crippen LogP contribution >= 0.6 is 0 Å². The van der Waals surface area contributed by atoms with Crippen molar-refractivity contribution < 1.29 is 26.9 Å². The van der Waals surface area contributed by atoms with Crippen molar-refractivity contribution in [2.24, 2.45) is 5.92 Å². The molecule has 132 valence electrons. The zero-order chi connectivity index (χ0) is 17.6. The highest BCUT2D eigenvalue weighted by molar-refractivity contribution is 7.84. The summed E-state index contributed by atoms with van der Waals surface area (Å²) in [5, 5.41) is 0. The van der Waals surface area contributed by atoms with E-state index in [0.29, 0.717) is 12.8 Å². The molecule has 0 aromatic carbocycles. The highest BCUT2D eigenvalue weighted by atomic mass is 32.2.